The zero-order chi connectivity index (χ0) is 26.2. The van der Waals surface area contributed by atoms with E-state index in [2.05, 4.69) is 15.5 Å². The first-order chi connectivity index (χ1) is 17.2. The third-order valence-electron chi connectivity index (χ3n) is 4.93. The van der Waals surface area contributed by atoms with Gasteiger partial charge < -0.3 is 4.74 Å². The Morgan fingerprint density at radius 3 is 2.64 bits per heavy atom. The Labute approximate surface area is 209 Å². The number of hydrazone groups is 1. The number of aromatic nitrogens is 1. The van der Waals surface area contributed by atoms with E-state index in [0.717, 1.165) is 11.8 Å². The van der Waals surface area contributed by atoms with E-state index in [1.54, 1.807) is 25.1 Å². The summed E-state index contributed by atoms with van der Waals surface area (Å²) in [5, 5.41) is 24.3. The number of thioether (sulfide) groups is 1. The Balaban J connectivity index is 1.74. The van der Waals surface area contributed by atoms with Crippen LogP contribution in [0.2, 0.25) is 0 Å². The lowest BCUT2D eigenvalue weighted by atomic mass is 10.1. The fraction of sp³-hybridized carbons (Fsp3) is 0.167. The van der Waals surface area contributed by atoms with Crippen LogP contribution in [0, 0.1) is 28.4 Å². The average Bonchev–Trinajstić information content (AvgIpc) is 2.87. The zero-order valence-corrected chi connectivity index (χ0v) is 19.9. The van der Waals surface area contributed by atoms with Crippen molar-refractivity contribution in [2.45, 2.75) is 24.1 Å². The highest BCUT2D eigenvalue weighted by atomic mass is 32.2. The molecule has 0 spiro atoms. The van der Waals surface area contributed by atoms with Gasteiger partial charge in [-0.25, -0.2) is 19.2 Å². The zero-order valence-electron chi connectivity index (χ0n) is 19.1. The van der Waals surface area contributed by atoms with Gasteiger partial charge in [-0.3, -0.25) is 14.9 Å². The molecule has 2 aromatic carbocycles. The predicted octanol–water partition coefficient (Wildman–Crippen LogP) is 5.17. The summed E-state index contributed by atoms with van der Waals surface area (Å²) in [6.45, 7) is 1.58. The molecule has 0 fully saturated rings. The first-order valence-corrected chi connectivity index (χ1v) is 11.3. The standard InChI is InChI=1S/C24H19F2N5O4S/c1-14-9-20(22(25)26)29-24(19(14)11-27)36-13-17-10-15(3-8-21(17)35-2)12-28-30-23(32)16-4-6-18(7-5-16)31(33)34/h3-10,12,22H,13H2,1-2H3,(H,30,32)/b28-12-. The molecule has 0 unspecified atom stereocenters. The van der Waals surface area contributed by atoms with Gasteiger partial charge in [0.05, 0.1) is 23.8 Å². The van der Waals surface area contributed by atoms with Gasteiger partial charge in [-0.05, 0) is 54.4 Å². The second kappa shape index (κ2) is 11.9. The summed E-state index contributed by atoms with van der Waals surface area (Å²) in [5.41, 5.74) is 3.97. The van der Waals surface area contributed by atoms with Crippen LogP contribution < -0.4 is 10.2 Å². The minimum atomic E-state index is -2.76. The maximum absolute atomic E-state index is 13.2. The van der Waals surface area contributed by atoms with Crippen LogP contribution in [-0.4, -0.2) is 29.1 Å². The number of pyridine rings is 1. The van der Waals surface area contributed by atoms with E-state index < -0.39 is 22.9 Å². The van der Waals surface area contributed by atoms with Crippen molar-refractivity contribution in [3.05, 3.63) is 92.2 Å². The molecule has 3 rings (SSSR count). The van der Waals surface area contributed by atoms with E-state index in [0.29, 0.717) is 22.4 Å². The van der Waals surface area contributed by atoms with Crippen molar-refractivity contribution in [2.75, 3.05) is 7.11 Å². The number of nitro benzene ring substituents is 1. The number of rotatable bonds is 9. The molecule has 1 amide bonds. The highest BCUT2D eigenvalue weighted by Crippen LogP contribution is 2.32. The molecule has 3 aromatic rings. The van der Waals surface area contributed by atoms with Gasteiger partial charge in [0, 0.05) is 29.0 Å². The first-order valence-electron chi connectivity index (χ1n) is 10.3. The molecule has 0 aliphatic heterocycles. The Morgan fingerprint density at radius 1 is 1.31 bits per heavy atom. The number of nitrogens with one attached hydrogen (secondary N) is 1. The fourth-order valence-corrected chi connectivity index (χ4v) is 4.16. The van der Waals surface area contributed by atoms with E-state index >= 15 is 0 Å². The van der Waals surface area contributed by atoms with E-state index in [-0.39, 0.29) is 27.6 Å². The van der Waals surface area contributed by atoms with Gasteiger partial charge in [-0.2, -0.15) is 10.4 Å². The van der Waals surface area contributed by atoms with Crippen molar-refractivity contribution >= 4 is 29.6 Å². The molecular formula is C24H19F2N5O4S. The number of halogens is 2. The summed E-state index contributed by atoms with van der Waals surface area (Å²) in [6.07, 6.45) is -1.36. The van der Waals surface area contributed by atoms with Crippen LogP contribution in [0.3, 0.4) is 0 Å². The lowest BCUT2D eigenvalue weighted by Gasteiger charge is -2.11. The Hall–Kier alpha value is -4.37. The summed E-state index contributed by atoms with van der Waals surface area (Å²) < 4.78 is 31.7. The summed E-state index contributed by atoms with van der Waals surface area (Å²) in [6, 6.07) is 13.4. The van der Waals surface area contributed by atoms with Gasteiger partial charge in [-0.1, -0.05) is 0 Å². The predicted molar refractivity (Wildman–Crippen MR) is 129 cm³/mol. The number of non-ortho nitro benzene ring substituents is 1. The Kier molecular flexibility index (Phi) is 8.64. The number of nitro groups is 1. The van der Waals surface area contributed by atoms with Gasteiger partial charge in [0.15, 0.2) is 0 Å². The van der Waals surface area contributed by atoms with Crippen molar-refractivity contribution in [1.82, 2.24) is 10.4 Å². The van der Waals surface area contributed by atoms with Gasteiger partial charge in [0.2, 0.25) is 0 Å². The monoisotopic (exact) mass is 511 g/mol. The number of alkyl halides is 2. The second-order valence-corrected chi connectivity index (χ2v) is 8.28. The average molecular weight is 512 g/mol. The molecule has 0 saturated heterocycles. The summed E-state index contributed by atoms with van der Waals surface area (Å²) in [4.78, 5) is 26.3. The summed E-state index contributed by atoms with van der Waals surface area (Å²) in [5.74, 6) is 0.262. The number of nitrogens with zero attached hydrogens (tertiary/aromatic N) is 4. The maximum atomic E-state index is 13.2. The molecular weight excluding hydrogens is 492 g/mol. The van der Waals surface area contributed by atoms with Gasteiger partial charge >= 0.3 is 0 Å². The largest absolute Gasteiger partial charge is 0.496 e. The van der Waals surface area contributed by atoms with Crippen LogP contribution in [0.15, 0.2) is 58.7 Å². The molecule has 0 radical (unpaired) electrons. The molecule has 0 saturated carbocycles. The molecule has 1 aromatic heterocycles. The molecule has 9 nitrogen and oxygen atoms in total. The van der Waals surface area contributed by atoms with E-state index in [1.165, 1.54) is 43.7 Å². The topological polar surface area (TPSA) is 131 Å². The van der Waals surface area contributed by atoms with Crippen molar-refractivity contribution in [1.29, 1.82) is 5.26 Å². The minimum absolute atomic E-state index is 0.133. The summed E-state index contributed by atoms with van der Waals surface area (Å²) >= 11 is 1.13. The van der Waals surface area contributed by atoms with Gasteiger partial charge in [0.25, 0.3) is 18.0 Å². The van der Waals surface area contributed by atoms with E-state index in [9.17, 15) is 29.0 Å². The minimum Gasteiger partial charge on any atom is -0.496 e. The fourth-order valence-electron chi connectivity index (χ4n) is 3.12. The van der Waals surface area contributed by atoms with Crippen molar-refractivity contribution < 1.29 is 23.2 Å². The smallest absolute Gasteiger partial charge is 0.280 e. The third-order valence-corrected chi connectivity index (χ3v) is 5.95. The van der Waals surface area contributed by atoms with Crippen molar-refractivity contribution in [2.24, 2.45) is 5.10 Å². The van der Waals surface area contributed by atoms with Crippen LogP contribution in [0.5, 0.6) is 5.75 Å². The second-order valence-electron chi connectivity index (χ2n) is 7.32. The highest BCUT2D eigenvalue weighted by molar-refractivity contribution is 7.98. The van der Waals surface area contributed by atoms with Gasteiger partial charge in [-0.15, -0.1) is 11.8 Å². The van der Waals surface area contributed by atoms with E-state index in [4.69, 9.17) is 4.74 Å². The Morgan fingerprint density at radius 2 is 2.03 bits per heavy atom. The molecule has 1 heterocycles. The van der Waals surface area contributed by atoms with Crippen LogP contribution >= 0.6 is 11.8 Å². The molecule has 36 heavy (non-hydrogen) atoms. The molecule has 0 aliphatic rings. The third kappa shape index (κ3) is 6.39. The number of hydrogen-bond donors (Lipinski definition) is 1. The van der Waals surface area contributed by atoms with Crippen LogP contribution in [0.4, 0.5) is 14.5 Å². The molecule has 12 heteroatoms. The number of hydrogen-bond acceptors (Lipinski definition) is 8. The lowest BCUT2D eigenvalue weighted by molar-refractivity contribution is -0.384. The molecule has 0 aliphatic carbocycles. The molecule has 1 N–H and O–H groups in total. The number of carbonyl (C=O) groups excluding carboxylic acids is 1. The van der Waals surface area contributed by atoms with E-state index in [1.807, 2.05) is 6.07 Å². The van der Waals surface area contributed by atoms with Gasteiger partial charge in [0.1, 0.15) is 22.5 Å². The molecule has 184 valence electrons. The first kappa shape index (κ1) is 26.2. The number of aryl methyl sites for hydroxylation is 1. The lowest BCUT2D eigenvalue weighted by Crippen LogP contribution is -2.17. The van der Waals surface area contributed by atoms with Crippen LogP contribution in [-0.2, 0) is 5.75 Å². The number of nitriles is 1. The molecule has 0 bridgehead atoms. The van der Waals surface area contributed by atoms with Crippen LogP contribution in [0.1, 0.15) is 44.7 Å². The van der Waals surface area contributed by atoms with Crippen LogP contribution in [0.25, 0.3) is 0 Å². The summed E-state index contributed by atoms with van der Waals surface area (Å²) in [7, 11) is 1.49. The normalized spacial score (nSPS) is 10.9. The SMILES string of the molecule is COc1ccc(/C=N\NC(=O)c2ccc([N+](=O)[O-])cc2)cc1CSc1nc(C(F)F)cc(C)c1C#N. The highest BCUT2D eigenvalue weighted by Gasteiger charge is 2.17. The number of ether oxygens (including phenoxy) is 1. The molecule has 0 atom stereocenters. The number of carbonyl (C=O) groups is 1. The Bertz CT molecular complexity index is 1360. The number of amides is 1. The quantitative estimate of drug-likeness (QED) is 0.181. The number of methoxy groups -OCH3 is 1. The van der Waals surface area contributed by atoms with Crippen molar-refractivity contribution in [3.8, 4) is 11.8 Å². The number of benzene rings is 2. The van der Waals surface area contributed by atoms with Crippen molar-refractivity contribution in [3.63, 3.8) is 0 Å². The maximum Gasteiger partial charge on any atom is 0.280 e.